The second-order valence-electron chi connectivity index (χ2n) is 3.72. The summed E-state index contributed by atoms with van der Waals surface area (Å²) < 4.78 is 0. The summed E-state index contributed by atoms with van der Waals surface area (Å²) >= 11 is 0. The van der Waals surface area contributed by atoms with Crippen molar-refractivity contribution in [3.8, 4) is 0 Å². The Kier molecular flexibility index (Phi) is 4.49. The van der Waals surface area contributed by atoms with Gasteiger partial charge in [-0.25, -0.2) is 9.97 Å². The lowest BCUT2D eigenvalue weighted by Gasteiger charge is -2.18. The molecule has 4 nitrogen and oxygen atoms in total. The van der Waals surface area contributed by atoms with Crippen LogP contribution in [0.25, 0.3) is 0 Å². The number of anilines is 1. The molecule has 15 heavy (non-hydrogen) atoms. The number of rotatable bonds is 5. The van der Waals surface area contributed by atoms with Gasteiger partial charge in [0.15, 0.2) is 0 Å². The van der Waals surface area contributed by atoms with Crippen LogP contribution < -0.4 is 5.73 Å². The van der Waals surface area contributed by atoms with E-state index in [1.807, 2.05) is 6.92 Å². The van der Waals surface area contributed by atoms with E-state index in [1.54, 1.807) is 6.07 Å². The lowest BCUT2D eigenvalue weighted by atomic mass is 10.3. The molecule has 2 N–H and O–H groups in total. The minimum atomic E-state index is 0.560. The molecule has 1 heterocycles. The molecule has 0 bridgehead atoms. The average Bonchev–Trinajstić information content (AvgIpc) is 2.15. The quantitative estimate of drug-likeness (QED) is 0.798. The molecule has 0 unspecified atom stereocenters. The Bertz CT molecular complexity index is 291. The normalized spacial score (nSPS) is 10.9. The summed E-state index contributed by atoms with van der Waals surface area (Å²) in [6.07, 6.45) is 1.15. The lowest BCUT2D eigenvalue weighted by molar-refractivity contribution is 0.273. The Morgan fingerprint density at radius 3 is 2.60 bits per heavy atom. The minimum absolute atomic E-state index is 0.560. The molecule has 0 saturated carbocycles. The molecule has 0 saturated heterocycles. The average molecular weight is 208 g/mol. The standard InChI is InChI=1S/C11H20N4/c1-4-6-15(5-2)8-11-13-9(3)7-10(12)14-11/h7H,4-6,8H2,1-3H3,(H2,12,13,14). The van der Waals surface area contributed by atoms with Gasteiger partial charge in [0.05, 0.1) is 6.54 Å². The highest BCUT2D eigenvalue weighted by Gasteiger charge is 2.05. The maximum atomic E-state index is 5.68. The Labute approximate surface area is 91.5 Å². The van der Waals surface area contributed by atoms with E-state index in [0.29, 0.717) is 5.82 Å². The zero-order valence-electron chi connectivity index (χ0n) is 9.82. The summed E-state index contributed by atoms with van der Waals surface area (Å²) in [5.74, 6) is 1.38. The maximum Gasteiger partial charge on any atom is 0.144 e. The molecule has 1 aromatic heterocycles. The van der Waals surface area contributed by atoms with Crippen molar-refractivity contribution in [3.63, 3.8) is 0 Å². The minimum Gasteiger partial charge on any atom is -0.384 e. The Balaban J connectivity index is 2.69. The second kappa shape index (κ2) is 5.66. The SMILES string of the molecule is CCCN(CC)Cc1nc(C)cc(N)n1. The van der Waals surface area contributed by atoms with E-state index >= 15 is 0 Å². The van der Waals surface area contributed by atoms with Crippen LogP contribution in [-0.4, -0.2) is 28.0 Å². The summed E-state index contributed by atoms with van der Waals surface area (Å²) in [6, 6.07) is 1.79. The van der Waals surface area contributed by atoms with Gasteiger partial charge in [-0.15, -0.1) is 0 Å². The smallest absolute Gasteiger partial charge is 0.144 e. The van der Waals surface area contributed by atoms with E-state index in [-0.39, 0.29) is 0 Å². The fourth-order valence-electron chi connectivity index (χ4n) is 1.59. The molecule has 0 aliphatic heterocycles. The first-order valence-electron chi connectivity index (χ1n) is 5.48. The third kappa shape index (κ3) is 3.83. The van der Waals surface area contributed by atoms with Crippen molar-refractivity contribution < 1.29 is 0 Å². The number of nitrogen functional groups attached to an aromatic ring is 1. The molecule has 0 radical (unpaired) electrons. The molecule has 4 heteroatoms. The molecule has 84 valence electrons. The second-order valence-corrected chi connectivity index (χ2v) is 3.72. The number of aromatic nitrogens is 2. The van der Waals surface area contributed by atoms with Crippen LogP contribution in [0.2, 0.25) is 0 Å². The molecule has 0 aliphatic rings. The summed E-state index contributed by atoms with van der Waals surface area (Å²) in [5.41, 5.74) is 6.62. The predicted octanol–water partition coefficient (Wildman–Crippen LogP) is 1.60. The van der Waals surface area contributed by atoms with Gasteiger partial charge >= 0.3 is 0 Å². The van der Waals surface area contributed by atoms with Crippen LogP contribution in [0.3, 0.4) is 0 Å². The van der Waals surface area contributed by atoms with Crippen molar-refractivity contribution in [2.75, 3.05) is 18.8 Å². The molecule has 0 fully saturated rings. The van der Waals surface area contributed by atoms with Crippen LogP contribution in [0.4, 0.5) is 5.82 Å². The van der Waals surface area contributed by atoms with E-state index in [1.165, 1.54) is 0 Å². The summed E-state index contributed by atoms with van der Waals surface area (Å²) in [5, 5.41) is 0. The fraction of sp³-hybridized carbons (Fsp3) is 0.636. The molecule has 1 rings (SSSR count). The van der Waals surface area contributed by atoms with Crippen molar-refractivity contribution >= 4 is 5.82 Å². The van der Waals surface area contributed by atoms with Gasteiger partial charge in [-0.1, -0.05) is 13.8 Å². The van der Waals surface area contributed by atoms with E-state index in [0.717, 1.165) is 37.6 Å². The number of hydrogen-bond acceptors (Lipinski definition) is 4. The predicted molar refractivity (Wildman–Crippen MR) is 62.4 cm³/mol. The van der Waals surface area contributed by atoms with E-state index in [9.17, 15) is 0 Å². The number of aryl methyl sites for hydroxylation is 1. The number of hydrogen-bond donors (Lipinski definition) is 1. The lowest BCUT2D eigenvalue weighted by Crippen LogP contribution is -2.25. The first-order valence-corrected chi connectivity index (χ1v) is 5.48. The summed E-state index contributed by atoms with van der Waals surface area (Å²) in [4.78, 5) is 10.9. The van der Waals surface area contributed by atoms with Gasteiger partial charge in [0.2, 0.25) is 0 Å². The monoisotopic (exact) mass is 208 g/mol. The van der Waals surface area contributed by atoms with E-state index in [2.05, 4.69) is 28.7 Å². The van der Waals surface area contributed by atoms with Crippen molar-refractivity contribution in [1.29, 1.82) is 0 Å². The van der Waals surface area contributed by atoms with Crippen LogP contribution in [0, 0.1) is 6.92 Å². The molecule has 1 aromatic rings. The molecular weight excluding hydrogens is 188 g/mol. The largest absolute Gasteiger partial charge is 0.384 e. The summed E-state index contributed by atoms with van der Waals surface area (Å²) in [6.45, 7) is 9.15. The third-order valence-corrected chi connectivity index (χ3v) is 2.27. The van der Waals surface area contributed by atoms with Gasteiger partial charge in [-0.2, -0.15) is 0 Å². The molecule has 0 amide bonds. The molecule has 0 spiro atoms. The maximum absolute atomic E-state index is 5.68. The van der Waals surface area contributed by atoms with Crippen molar-refractivity contribution in [2.45, 2.75) is 33.7 Å². The third-order valence-electron chi connectivity index (χ3n) is 2.27. The van der Waals surface area contributed by atoms with E-state index < -0.39 is 0 Å². The number of nitrogens with zero attached hydrogens (tertiary/aromatic N) is 3. The Morgan fingerprint density at radius 1 is 1.33 bits per heavy atom. The number of nitrogens with two attached hydrogens (primary N) is 1. The van der Waals surface area contributed by atoms with Gasteiger partial charge in [0, 0.05) is 11.8 Å². The first kappa shape index (κ1) is 11.9. The van der Waals surface area contributed by atoms with Crippen molar-refractivity contribution in [3.05, 3.63) is 17.6 Å². The van der Waals surface area contributed by atoms with Gasteiger partial charge in [0.1, 0.15) is 11.6 Å². The van der Waals surface area contributed by atoms with Gasteiger partial charge < -0.3 is 5.73 Å². The molecule has 0 aromatic carbocycles. The van der Waals surface area contributed by atoms with Crippen LogP contribution in [0.1, 0.15) is 31.8 Å². The van der Waals surface area contributed by atoms with Crippen LogP contribution in [0.15, 0.2) is 6.07 Å². The molecule has 0 atom stereocenters. The van der Waals surface area contributed by atoms with Gasteiger partial charge in [-0.3, -0.25) is 4.90 Å². The summed E-state index contributed by atoms with van der Waals surface area (Å²) in [7, 11) is 0. The Morgan fingerprint density at radius 2 is 2.07 bits per heavy atom. The first-order chi connectivity index (χ1) is 7.15. The van der Waals surface area contributed by atoms with Gasteiger partial charge in [0.25, 0.3) is 0 Å². The molecule has 0 aliphatic carbocycles. The topological polar surface area (TPSA) is 55.0 Å². The zero-order valence-corrected chi connectivity index (χ0v) is 9.82. The van der Waals surface area contributed by atoms with Gasteiger partial charge in [-0.05, 0) is 26.4 Å². The van der Waals surface area contributed by atoms with Crippen LogP contribution >= 0.6 is 0 Å². The van der Waals surface area contributed by atoms with Crippen LogP contribution in [0.5, 0.6) is 0 Å². The van der Waals surface area contributed by atoms with Crippen molar-refractivity contribution in [2.24, 2.45) is 0 Å². The highest BCUT2D eigenvalue weighted by Crippen LogP contribution is 2.05. The van der Waals surface area contributed by atoms with Crippen molar-refractivity contribution in [1.82, 2.24) is 14.9 Å². The Hall–Kier alpha value is -1.16. The van der Waals surface area contributed by atoms with E-state index in [4.69, 9.17) is 5.73 Å². The highest BCUT2D eigenvalue weighted by atomic mass is 15.1. The molecular formula is C11H20N4. The van der Waals surface area contributed by atoms with Crippen LogP contribution in [-0.2, 0) is 6.54 Å². The highest BCUT2D eigenvalue weighted by molar-refractivity contribution is 5.29. The fourth-order valence-corrected chi connectivity index (χ4v) is 1.59. The zero-order chi connectivity index (χ0) is 11.3.